The van der Waals surface area contributed by atoms with Gasteiger partial charge in [0.1, 0.15) is 0 Å². The van der Waals surface area contributed by atoms with E-state index in [1.165, 1.54) is 12.8 Å². The van der Waals surface area contributed by atoms with Crippen molar-refractivity contribution in [2.24, 2.45) is 5.41 Å². The SMILES string of the molecule is CC(C)(C)CCCCCOP(C)(=O)OC(C)(C)C. The molecule has 0 N–H and O–H groups in total. The molecule has 0 aliphatic rings. The van der Waals surface area contributed by atoms with Gasteiger partial charge < -0.3 is 9.05 Å². The highest BCUT2D eigenvalue weighted by atomic mass is 31.2. The zero-order chi connectivity index (χ0) is 14.4. The zero-order valence-corrected chi connectivity index (χ0v) is 14.1. The summed E-state index contributed by atoms with van der Waals surface area (Å²) in [4.78, 5) is 0. The van der Waals surface area contributed by atoms with Gasteiger partial charge in [0.05, 0.1) is 12.2 Å². The molecule has 0 saturated carbocycles. The lowest BCUT2D eigenvalue weighted by atomic mass is 9.89. The molecule has 0 aliphatic heterocycles. The minimum absolute atomic E-state index is 0.399. The molecule has 1 atom stereocenters. The third-order valence-corrected chi connectivity index (χ3v) is 3.87. The quantitative estimate of drug-likeness (QED) is 0.471. The Kier molecular flexibility index (Phi) is 7.13. The van der Waals surface area contributed by atoms with Crippen molar-refractivity contribution in [3.63, 3.8) is 0 Å². The summed E-state index contributed by atoms with van der Waals surface area (Å²) in [5.41, 5.74) is -0.0211. The van der Waals surface area contributed by atoms with E-state index in [0.29, 0.717) is 12.0 Å². The number of unbranched alkanes of at least 4 members (excludes halogenated alkanes) is 2. The maximum Gasteiger partial charge on any atom is 0.328 e. The van der Waals surface area contributed by atoms with Crippen LogP contribution < -0.4 is 0 Å². The molecular formula is C14H31O3P. The Bertz CT molecular complexity index is 274. The molecule has 0 bridgehead atoms. The van der Waals surface area contributed by atoms with Crippen molar-refractivity contribution in [3.8, 4) is 0 Å². The number of rotatable bonds is 7. The molecule has 110 valence electrons. The molecule has 0 aliphatic carbocycles. The van der Waals surface area contributed by atoms with Crippen molar-refractivity contribution in [1.29, 1.82) is 0 Å². The van der Waals surface area contributed by atoms with Gasteiger partial charge in [-0.05, 0) is 39.0 Å². The monoisotopic (exact) mass is 278 g/mol. The molecular weight excluding hydrogens is 247 g/mol. The summed E-state index contributed by atoms with van der Waals surface area (Å²) in [5, 5.41) is 0. The Labute approximate surface area is 113 Å². The highest BCUT2D eigenvalue weighted by molar-refractivity contribution is 7.53. The van der Waals surface area contributed by atoms with Gasteiger partial charge in [-0.25, -0.2) is 0 Å². The lowest BCUT2D eigenvalue weighted by molar-refractivity contribution is 0.0963. The first-order chi connectivity index (χ1) is 7.91. The van der Waals surface area contributed by atoms with Crippen LogP contribution in [-0.4, -0.2) is 18.9 Å². The second-order valence-corrected chi connectivity index (χ2v) is 9.16. The van der Waals surface area contributed by atoms with Gasteiger partial charge in [0.2, 0.25) is 0 Å². The predicted octanol–water partition coefficient (Wildman–Crippen LogP) is 5.25. The van der Waals surface area contributed by atoms with Crippen LogP contribution in [0.3, 0.4) is 0 Å². The van der Waals surface area contributed by atoms with Crippen molar-refractivity contribution in [3.05, 3.63) is 0 Å². The third kappa shape index (κ3) is 12.6. The Morgan fingerprint density at radius 2 is 1.50 bits per heavy atom. The summed E-state index contributed by atoms with van der Waals surface area (Å²) >= 11 is 0. The van der Waals surface area contributed by atoms with Gasteiger partial charge in [0.25, 0.3) is 0 Å². The Morgan fingerprint density at radius 1 is 0.944 bits per heavy atom. The largest absolute Gasteiger partial charge is 0.328 e. The topological polar surface area (TPSA) is 35.5 Å². The second kappa shape index (κ2) is 7.07. The fraction of sp³-hybridized carbons (Fsp3) is 1.00. The average molecular weight is 278 g/mol. The van der Waals surface area contributed by atoms with Crippen LogP contribution in [0.4, 0.5) is 0 Å². The zero-order valence-electron chi connectivity index (χ0n) is 13.2. The standard InChI is InChI=1S/C14H31O3P/c1-13(2,3)11-9-8-10-12-16-18(7,15)17-14(4,5)6/h8-12H2,1-7H3. The van der Waals surface area contributed by atoms with E-state index >= 15 is 0 Å². The van der Waals surface area contributed by atoms with Crippen LogP contribution in [0.2, 0.25) is 0 Å². The highest BCUT2D eigenvalue weighted by Crippen LogP contribution is 2.47. The normalized spacial score (nSPS) is 16.6. The van der Waals surface area contributed by atoms with Crippen LogP contribution in [0, 0.1) is 5.41 Å². The van der Waals surface area contributed by atoms with E-state index in [4.69, 9.17) is 9.05 Å². The van der Waals surface area contributed by atoms with Crippen LogP contribution >= 0.6 is 7.60 Å². The summed E-state index contributed by atoms with van der Waals surface area (Å²) in [6, 6.07) is 0. The molecule has 0 aromatic heterocycles. The summed E-state index contributed by atoms with van der Waals surface area (Å²) < 4.78 is 22.8. The van der Waals surface area contributed by atoms with Gasteiger partial charge in [-0.15, -0.1) is 0 Å². The van der Waals surface area contributed by atoms with E-state index in [0.717, 1.165) is 12.8 Å². The van der Waals surface area contributed by atoms with Gasteiger partial charge in [-0.2, -0.15) is 0 Å². The number of hydrogen-bond donors (Lipinski definition) is 0. The predicted molar refractivity (Wildman–Crippen MR) is 78.2 cm³/mol. The van der Waals surface area contributed by atoms with Crippen molar-refractivity contribution < 1.29 is 13.6 Å². The van der Waals surface area contributed by atoms with Gasteiger partial charge in [0, 0.05) is 6.66 Å². The minimum atomic E-state index is -2.90. The maximum atomic E-state index is 12.0. The molecule has 0 fully saturated rings. The second-order valence-electron chi connectivity index (χ2n) is 7.18. The van der Waals surface area contributed by atoms with Crippen molar-refractivity contribution in [2.75, 3.05) is 13.3 Å². The minimum Gasteiger partial charge on any atom is -0.309 e. The van der Waals surface area contributed by atoms with Gasteiger partial charge in [-0.3, -0.25) is 4.57 Å². The van der Waals surface area contributed by atoms with Crippen molar-refractivity contribution in [2.45, 2.75) is 72.8 Å². The molecule has 0 saturated heterocycles. The van der Waals surface area contributed by atoms with Crippen LogP contribution in [0.15, 0.2) is 0 Å². The Hall–Kier alpha value is 0.150. The summed E-state index contributed by atoms with van der Waals surface area (Å²) in [6.07, 6.45) is 4.48. The van der Waals surface area contributed by atoms with Crippen molar-refractivity contribution in [1.82, 2.24) is 0 Å². The first-order valence-corrected chi connectivity index (χ1v) is 8.83. The third-order valence-electron chi connectivity index (χ3n) is 2.34. The Balaban J connectivity index is 3.69. The van der Waals surface area contributed by atoms with E-state index in [1.54, 1.807) is 6.66 Å². The lowest BCUT2D eigenvalue weighted by Crippen LogP contribution is -2.18. The molecule has 18 heavy (non-hydrogen) atoms. The van der Waals surface area contributed by atoms with Crippen LogP contribution in [0.1, 0.15) is 67.2 Å². The van der Waals surface area contributed by atoms with Crippen molar-refractivity contribution >= 4 is 7.60 Å². The van der Waals surface area contributed by atoms with E-state index in [-0.39, 0.29) is 0 Å². The fourth-order valence-corrected chi connectivity index (χ4v) is 3.20. The van der Waals surface area contributed by atoms with Crippen LogP contribution in [0.5, 0.6) is 0 Å². The van der Waals surface area contributed by atoms with E-state index in [1.807, 2.05) is 20.8 Å². The average Bonchev–Trinajstić information content (AvgIpc) is 2.04. The van der Waals surface area contributed by atoms with Gasteiger partial charge in [0.15, 0.2) is 0 Å². The molecule has 0 radical (unpaired) electrons. The maximum absolute atomic E-state index is 12.0. The van der Waals surface area contributed by atoms with Gasteiger partial charge >= 0.3 is 7.60 Å². The van der Waals surface area contributed by atoms with Crippen LogP contribution in [-0.2, 0) is 13.6 Å². The molecule has 0 rings (SSSR count). The lowest BCUT2D eigenvalue weighted by Gasteiger charge is -2.24. The molecule has 1 unspecified atom stereocenters. The molecule has 0 amide bonds. The van der Waals surface area contributed by atoms with E-state index in [9.17, 15) is 4.57 Å². The van der Waals surface area contributed by atoms with E-state index < -0.39 is 13.2 Å². The molecule has 0 aromatic rings. The summed E-state index contributed by atoms with van der Waals surface area (Å²) in [7, 11) is -2.90. The first-order valence-electron chi connectivity index (χ1n) is 6.84. The molecule has 0 spiro atoms. The smallest absolute Gasteiger partial charge is 0.309 e. The van der Waals surface area contributed by atoms with Gasteiger partial charge in [-0.1, -0.05) is 33.6 Å². The summed E-state index contributed by atoms with van der Waals surface area (Å²) in [6.45, 7) is 14.5. The Morgan fingerprint density at radius 3 is 1.94 bits per heavy atom. The molecule has 3 nitrogen and oxygen atoms in total. The summed E-state index contributed by atoms with van der Waals surface area (Å²) in [5.74, 6) is 0. The molecule has 0 aromatic carbocycles. The fourth-order valence-electron chi connectivity index (χ4n) is 1.69. The van der Waals surface area contributed by atoms with E-state index in [2.05, 4.69) is 20.8 Å². The molecule has 0 heterocycles. The van der Waals surface area contributed by atoms with Crippen LogP contribution in [0.25, 0.3) is 0 Å². The highest BCUT2D eigenvalue weighted by Gasteiger charge is 2.25. The first kappa shape index (κ1) is 18.1. The molecule has 4 heteroatoms. The number of hydrogen-bond acceptors (Lipinski definition) is 3.